The van der Waals surface area contributed by atoms with Gasteiger partial charge in [-0.2, -0.15) is 0 Å². The Hall–Kier alpha value is -1.93. The van der Waals surface area contributed by atoms with E-state index >= 15 is 0 Å². The summed E-state index contributed by atoms with van der Waals surface area (Å²) >= 11 is 0. The van der Waals surface area contributed by atoms with Gasteiger partial charge in [0.1, 0.15) is 6.04 Å². The first-order valence-corrected chi connectivity index (χ1v) is 7.40. The Labute approximate surface area is 127 Å². The number of aryl methyl sites for hydroxylation is 1. The topological polar surface area (TPSA) is 113 Å². The van der Waals surface area contributed by atoms with Crippen LogP contribution in [-0.2, 0) is 22.5 Å². The van der Waals surface area contributed by atoms with Gasteiger partial charge in [0.05, 0.1) is 6.54 Å². The zero-order valence-electron chi connectivity index (χ0n) is 12.5. The average molecular weight is 311 g/mol. The highest BCUT2D eigenvalue weighted by molar-refractivity contribution is 5.73. The molecule has 0 amide bonds. The Kier molecular flexibility index (Phi) is 5.51. The van der Waals surface area contributed by atoms with Gasteiger partial charge in [0, 0.05) is 31.0 Å². The molecule has 1 saturated heterocycles. The third-order valence-electron chi connectivity index (χ3n) is 3.80. The molecule has 2 rings (SSSR count). The van der Waals surface area contributed by atoms with Gasteiger partial charge in [-0.05, 0) is 19.3 Å². The van der Waals surface area contributed by atoms with Crippen molar-refractivity contribution in [1.29, 1.82) is 0 Å². The Morgan fingerprint density at radius 1 is 1.50 bits per heavy atom. The summed E-state index contributed by atoms with van der Waals surface area (Å²) in [5.41, 5.74) is -0.565. The molecule has 2 heterocycles. The number of aromatic amines is 1. The van der Waals surface area contributed by atoms with E-state index in [4.69, 9.17) is 4.74 Å². The van der Waals surface area contributed by atoms with Crippen LogP contribution in [0.4, 0.5) is 0 Å². The predicted octanol–water partition coefficient (Wildman–Crippen LogP) is -0.679. The molecule has 0 bridgehead atoms. The van der Waals surface area contributed by atoms with Gasteiger partial charge in [-0.25, -0.2) is 4.79 Å². The summed E-state index contributed by atoms with van der Waals surface area (Å²) in [6.45, 7) is 2.97. The normalized spacial score (nSPS) is 17.3. The SMILES string of the molecule is CCc1cn(CC(NC2CCOCC2)C(=O)O)c(=O)[nH]c1=O. The predicted molar refractivity (Wildman–Crippen MR) is 79.1 cm³/mol. The standard InChI is InChI=1S/C14H21N3O5/c1-2-9-7-17(14(21)16-12(9)18)8-11(13(19)20)15-10-3-5-22-6-4-10/h7,10-11,15H,2-6,8H2,1H3,(H,19,20)(H,16,18,21). The minimum Gasteiger partial charge on any atom is -0.480 e. The molecule has 1 atom stereocenters. The van der Waals surface area contributed by atoms with Crippen molar-refractivity contribution in [2.75, 3.05) is 13.2 Å². The number of rotatable bonds is 6. The molecule has 1 aromatic rings. The van der Waals surface area contributed by atoms with Gasteiger partial charge < -0.3 is 9.84 Å². The fourth-order valence-electron chi connectivity index (χ4n) is 2.49. The fourth-order valence-corrected chi connectivity index (χ4v) is 2.49. The molecule has 1 aliphatic rings. The van der Waals surface area contributed by atoms with Crippen molar-refractivity contribution in [3.05, 3.63) is 32.6 Å². The van der Waals surface area contributed by atoms with Crippen molar-refractivity contribution in [3.63, 3.8) is 0 Å². The summed E-state index contributed by atoms with van der Waals surface area (Å²) in [5.74, 6) is -1.03. The number of hydrogen-bond acceptors (Lipinski definition) is 5. The molecule has 8 nitrogen and oxygen atoms in total. The summed E-state index contributed by atoms with van der Waals surface area (Å²) in [5, 5.41) is 12.4. The van der Waals surface area contributed by atoms with E-state index in [1.807, 2.05) is 0 Å². The number of ether oxygens (including phenoxy) is 1. The zero-order chi connectivity index (χ0) is 16.1. The van der Waals surface area contributed by atoms with Crippen LogP contribution in [0, 0.1) is 0 Å². The summed E-state index contributed by atoms with van der Waals surface area (Å²) in [6.07, 6.45) is 3.39. The van der Waals surface area contributed by atoms with Crippen LogP contribution >= 0.6 is 0 Å². The summed E-state index contributed by atoms with van der Waals surface area (Å²) < 4.78 is 6.48. The fraction of sp³-hybridized carbons (Fsp3) is 0.643. The number of aromatic nitrogens is 2. The van der Waals surface area contributed by atoms with E-state index in [0.29, 0.717) is 25.2 Å². The number of nitrogens with zero attached hydrogens (tertiary/aromatic N) is 1. The number of carbonyl (C=O) groups is 1. The van der Waals surface area contributed by atoms with Gasteiger partial charge in [-0.3, -0.25) is 24.5 Å². The number of aliphatic carboxylic acids is 1. The van der Waals surface area contributed by atoms with Crippen molar-refractivity contribution in [2.45, 2.75) is 44.8 Å². The molecule has 8 heteroatoms. The van der Waals surface area contributed by atoms with Crippen LogP contribution in [-0.4, -0.2) is 45.9 Å². The zero-order valence-corrected chi connectivity index (χ0v) is 12.5. The van der Waals surface area contributed by atoms with E-state index in [2.05, 4.69) is 10.3 Å². The van der Waals surface area contributed by atoms with E-state index in [-0.39, 0.29) is 12.6 Å². The second-order valence-electron chi connectivity index (χ2n) is 5.36. The Bertz CT molecular complexity index is 630. The molecule has 22 heavy (non-hydrogen) atoms. The first-order valence-electron chi connectivity index (χ1n) is 7.40. The molecule has 1 aliphatic heterocycles. The average Bonchev–Trinajstić information content (AvgIpc) is 2.50. The highest BCUT2D eigenvalue weighted by Crippen LogP contribution is 2.08. The molecule has 0 aromatic carbocycles. The summed E-state index contributed by atoms with van der Waals surface area (Å²) in [4.78, 5) is 37.0. The minimum atomic E-state index is -1.03. The number of carboxylic acid groups (broad SMARTS) is 1. The van der Waals surface area contributed by atoms with Crippen LogP contribution in [0.2, 0.25) is 0 Å². The second-order valence-corrected chi connectivity index (χ2v) is 5.36. The van der Waals surface area contributed by atoms with Crippen molar-refractivity contribution in [3.8, 4) is 0 Å². The number of hydrogen-bond donors (Lipinski definition) is 3. The third kappa shape index (κ3) is 4.05. The summed E-state index contributed by atoms with van der Waals surface area (Å²) in [7, 11) is 0. The van der Waals surface area contributed by atoms with E-state index in [9.17, 15) is 19.5 Å². The second kappa shape index (κ2) is 7.37. The van der Waals surface area contributed by atoms with Gasteiger partial charge >= 0.3 is 11.7 Å². The molecular formula is C14H21N3O5. The lowest BCUT2D eigenvalue weighted by molar-refractivity contribution is -0.140. The van der Waals surface area contributed by atoms with Gasteiger partial charge in [-0.1, -0.05) is 6.92 Å². The quantitative estimate of drug-likeness (QED) is 0.641. The number of carboxylic acids is 1. The Balaban J connectivity index is 2.15. The molecule has 0 aliphatic carbocycles. The molecule has 122 valence electrons. The molecule has 0 spiro atoms. The Morgan fingerprint density at radius 2 is 2.18 bits per heavy atom. The first kappa shape index (κ1) is 16.4. The highest BCUT2D eigenvalue weighted by atomic mass is 16.5. The molecule has 0 saturated carbocycles. The Morgan fingerprint density at radius 3 is 2.77 bits per heavy atom. The van der Waals surface area contributed by atoms with Crippen molar-refractivity contribution >= 4 is 5.97 Å². The van der Waals surface area contributed by atoms with Crippen molar-refractivity contribution in [1.82, 2.24) is 14.9 Å². The van der Waals surface area contributed by atoms with Crippen LogP contribution in [0.15, 0.2) is 15.8 Å². The molecule has 1 unspecified atom stereocenters. The molecule has 1 aromatic heterocycles. The lowest BCUT2D eigenvalue weighted by atomic mass is 10.1. The highest BCUT2D eigenvalue weighted by Gasteiger charge is 2.24. The first-order chi connectivity index (χ1) is 10.5. The largest absolute Gasteiger partial charge is 0.480 e. The smallest absolute Gasteiger partial charge is 0.328 e. The van der Waals surface area contributed by atoms with Crippen LogP contribution in [0.5, 0.6) is 0 Å². The monoisotopic (exact) mass is 311 g/mol. The minimum absolute atomic E-state index is 0.0324. The van der Waals surface area contributed by atoms with Crippen molar-refractivity contribution < 1.29 is 14.6 Å². The number of H-pyrrole nitrogens is 1. The van der Waals surface area contributed by atoms with Gasteiger partial charge in [0.2, 0.25) is 0 Å². The van der Waals surface area contributed by atoms with E-state index < -0.39 is 23.3 Å². The van der Waals surface area contributed by atoms with Crippen LogP contribution in [0.25, 0.3) is 0 Å². The summed E-state index contributed by atoms with van der Waals surface area (Å²) in [6, 6.07) is -0.838. The number of nitrogens with one attached hydrogen (secondary N) is 2. The lowest BCUT2D eigenvalue weighted by Crippen LogP contribution is -2.49. The maximum absolute atomic E-state index is 11.8. The maximum Gasteiger partial charge on any atom is 0.328 e. The van der Waals surface area contributed by atoms with E-state index in [1.165, 1.54) is 10.8 Å². The lowest BCUT2D eigenvalue weighted by Gasteiger charge is -2.27. The molecular weight excluding hydrogens is 290 g/mol. The van der Waals surface area contributed by atoms with E-state index in [1.54, 1.807) is 6.92 Å². The van der Waals surface area contributed by atoms with Gasteiger partial charge in [-0.15, -0.1) is 0 Å². The molecule has 0 radical (unpaired) electrons. The van der Waals surface area contributed by atoms with Gasteiger partial charge in [0.15, 0.2) is 0 Å². The van der Waals surface area contributed by atoms with Crippen LogP contribution < -0.4 is 16.6 Å². The van der Waals surface area contributed by atoms with Crippen LogP contribution in [0.3, 0.4) is 0 Å². The van der Waals surface area contributed by atoms with Crippen molar-refractivity contribution in [2.24, 2.45) is 0 Å². The van der Waals surface area contributed by atoms with Crippen LogP contribution in [0.1, 0.15) is 25.3 Å². The maximum atomic E-state index is 11.8. The van der Waals surface area contributed by atoms with Gasteiger partial charge in [0.25, 0.3) is 5.56 Å². The van der Waals surface area contributed by atoms with E-state index in [0.717, 1.165) is 12.8 Å². The third-order valence-corrected chi connectivity index (χ3v) is 3.80. The molecule has 3 N–H and O–H groups in total. The molecule has 1 fully saturated rings.